The number of carbonyl (C=O) groups is 1. The number of benzene rings is 2. The normalized spacial score (nSPS) is 17.7. The predicted molar refractivity (Wildman–Crippen MR) is 132 cm³/mol. The summed E-state index contributed by atoms with van der Waals surface area (Å²) in [6.07, 6.45) is 5.67. The van der Waals surface area contributed by atoms with Gasteiger partial charge in [0, 0.05) is 18.7 Å². The fourth-order valence-electron chi connectivity index (χ4n) is 4.71. The van der Waals surface area contributed by atoms with E-state index in [4.69, 9.17) is 15.5 Å². The van der Waals surface area contributed by atoms with Gasteiger partial charge in [0.2, 0.25) is 5.91 Å². The molecule has 1 unspecified atom stereocenters. The second-order valence-electron chi connectivity index (χ2n) is 8.66. The highest BCUT2D eigenvalue weighted by Gasteiger charge is 2.33. The Labute approximate surface area is 199 Å². The molecule has 0 aliphatic carbocycles. The minimum absolute atomic E-state index is 0.00479. The third-order valence-electron chi connectivity index (χ3n) is 6.51. The van der Waals surface area contributed by atoms with E-state index in [1.807, 2.05) is 59.5 Å². The molecule has 34 heavy (non-hydrogen) atoms. The van der Waals surface area contributed by atoms with Gasteiger partial charge >= 0.3 is 0 Å². The van der Waals surface area contributed by atoms with Gasteiger partial charge in [0.05, 0.1) is 23.0 Å². The lowest BCUT2D eigenvalue weighted by atomic mass is 9.89. The van der Waals surface area contributed by atoms with E-state index < -0.39 is 0 Å². The molecule has 0 bridgehead atoms. The number of amides is 1. The smallest absolute Gasteiger partial charge is 0.245 e. The summed E-state index contributed by atoms with van der Waals surface area (Å²) in [6, 6.07) is 17.5. The molecule has 3 heterocycles. The first kappa shape index (κ1) is 21.8. The fourth-order valence-corrected chi connectivity index (χ4v) is 4.71. The predicted octanol–water partition coefficient (Wildman–Crippen LogP) is 4.56. The van der Waals surface area contributed by atoms with Crippen molar-refractivity contribution in [2.24, 2.45) is 10.9 Å². The number of aliphatic imine (C=N–C) groups is 1. The molecule has 1 amide bonds. The van der Waals surface area contributed by atoms with Crippen LogP contribution in [0.2, 0.25) is 0 Å². The van der Waals surface area contributed by atoms with Crippen LogP contribution in [0.15, 0.2) is 78.6 Å². The number of likely N-dealkylation sites (tertiary alicyclic amines) is 1. The summed E-state index contributed by atoms with van der Waals surface area (Å²) >= 11 is 0. The van der Waals surface area contributed by atoms with Gasteiger partial charge in [0.15, 0.2) is 0 Å². The molecule has 2 aromatic carbocycles. The maximum Gasteiger partial charge on any atom is 0.245 e. The molecule has 1 aromatic heterocycles. The number of carbonyl (C=O) groups excluding carboxylic acids is 1. The Morgan fingerprint density at radius 3 is 2.47 bits per heavy atom. The van der Waals surface area contributed by atoms with Crippen LogP contribution in [0.4, 0.5) is 5.82 Å². The molecule has 2 aliphatic heterocycles. The van der Waals surface area contributed by atoms with Crippen LogP contribution in [-0.4, -0.2) is 39.6 Å². The van der Waals surface area contributed by atoms with Crippen LogP contribution in [0.5, 0.6) is 11.5 Å². The Bertz CT molecular complexity index is 1220. The Morgan fingerprint density at radius 1 is 1.06 bits per heavy atom. The number of hydrogen-bond donors (Lipinski definition) is 1. The second-order valence-corrected chi connectivity index (χ2v) is 8.66. The average Bonchev–Trinajstić information content (AvgIpc) is 3.24. The van der Waals surface area contributed by atoms with Gasteiger partial charge in [0.25, 0.3) is 0 Å². The molecule has 1 fully saturated rings. The number of piperidine rings is 1. The highest BCUT2D eigenvalue weighted by molar-refractivity contribution is 6.17. The van der Waals surface area contributed by atoms with Gasteiger partial charge in [0.1, 0.15) is 23.6 Å². The Hall–Kier alpha value is -4.00. The number of nitrogen functional groups attached to an aromatic ring is 1. The van der Waals surface area contributed by atoms with Crippen LogP contribution >= 0.6 is 0 Å². The largest absolute Gasteiger partial charge is 0.457 e. The molecular formula is C27H27N5O2. The molecule has 172 valence electrons. The van der Waals surface area contributed by atoms with E-state index in [-0.39, 0.29) is 11.9 Å². The summed E-state index contributed by atoms with van der Waals surface area (Å²) in [5.74, 6) is 2.46. The van der Waals surface area contributed by atoms with E-state index in [1.165, 1.54) is 12.4 Å². The summed E-state index contributed by atoms with van der Waals surface area (Å²) in [5, 5.41) is 0. The van der Waals surface area contributed by atoms with E-state index in [9.17, 15) is 4.79 Å². The Kier molecular flexibility index (Phi) is 6.08. The lowest BCUT2D eigenvalue weighted by Crippen LogP contribution is -2.37. The number of hydrogen-bond acceptors (Lipinski definition) is 6. The summed E-state index contributed by atoms with van der Waals surface area (Å²) in [6.45, 7) is 5.09. The van der Waals surface area contributed by atoms with Crippen molar-refractivity contribution in [1.82, 2.24) is 14.9 Å². The zero-order valence-electron chi connectivity index (χ0n) is 18.9. The SMILES string of the molecule is C=CC(=O)N1CCC(CC2N=C(c3ccc(Oc4ccccc4)cc3)c3c(N)ncnc32)CC1. The first-order valence-electron chi connectivity index (χ1n) is 11.6. The summed E-state index contributed by atoms with van der Waals surface area (Å²) in [5.41, 5.74) is 9.77. The monoisotopic (exact) mass is 453 g/mol. The first-order valence-corrected chi connectivity index (χ1v) is 11.6. The van der Waals surface area contributed by atoms with Crippen molar-refractivity contribution < 1.29 is 9.53 Å². The third-order valence-corrected chi connectivity index (χ3v) is 6.51. The minimum atomic E-state index is -0.0674. The highest BCUT2D eigenvalue weighted by Crippen LogP contribution is 2.39. The second kappa shape index (κ2) is 9.47. The number of fused-ring (bicyclic) bond motifs is 1. The molecule has 7 nitrogen and oxygen atoms in total. The summed E-state index contributed by atoms with van der Waals surface area (Å²) in [7, 11) is 0. The van der Waals surface area contributed by atoms with Gasteiger partial charge in [-0.3, -0.25) is 9.79 Å². The van der Waals surface area contributed by atoms with Crippen molar-refractivity contribution in [1.29, 1.82) is 0 Å². The van der Waals surface area contributed by atoms with Crippen LogP contribution in [0.1, 0.15) is 42.1 Å². The van der Waals surface area contributed by atoms with Gasteiger partial charge in [-0.05, 0) is 67.7 Å². The minimum Gasteiger partial charge on any atom is -0.457 e. The molecule has 7 heteroatoms. The number of aromatic nitrogens is 2. The van der Waals surface area contributed by atoms with Crippen molar-refractivity contribution in [3.63, 3.8) is 0 Å². The number of nitrogens with zero attached hydrogens (tertiary/aromatic N) is 4. The number of anilines is 1. The quantitative estimate of drug-likeness (QED) is 0.552. The van der Waals surface area contributed by atoms with E-state index in [0.717, 1.165) is 66.4 Å². The number of para-hydroxylation sites is 1. The lowest BCUT2D eigenvalue weighted by molar-refractivity contribution is -0.127. The number of ether oxygens (including phenoxy) is 1. The lowest BCUT2D eigenvalue weighted by Gasteiger charge is -2.32. The van der Waals surface area contributed by atoms with Crippen molar-refractivity contribution in [2.45, 2.75) is 25.3 Å². The van der Waals surface area contributed by atoms with E-state index in [0.29, 0.717) is 11.7 Å². The standard InChI is InChI=1S/C27H27N5O2/c1-2-23(33)32-14-12-18(13-15-32)16-22-26-24(27(28)30-17-29-26)25(31-22)19-8-10-21(11-9-19)34-20-6-4-3-5-7-20/h2-11,17-18,22H,1,12-16H2,(H2,28,29,30). The van der Waals surface area contributed by atoms with Gasteiger partial charge < -0.3 is 15.4 Å². The molecule has 0 radical (unpaired) electrons. The molecule has 3 aromatic rings. The van der Waals surface area contributed by atoms with Crippen LogP contribution in [0, 0.1) is 5.92 Å². The number of rotatable bonds is 6. The molecule has 5 rings (SSSR count). The zero-order valence-corrected chi connectivity index (χ0v) is 18.9. The summed E-state index contributed by atoms with van der Waals surface area (Å²) < 4.78 is 5.92. The molecule has 0 spiro atoms. The zero-order chi connectivity index (χ0) is 23.5. The molecular weight excluding hydrogens is 426 g/mol. The van der Waals surface area contributed by atoms with Crippen molar-refractivity contribution in [3.05, 3.63) is 90.4 Å². The van der Waals surface area contributed by atoms with Crippen molar-refractivity contribution in [3.8, 4) is 11.5 Å². The van der Waals surface area contributed by atoms with Gasteiger partial charge in [-0.1, -0.05) is 24.8 Å². The van der Waals surface area contributed by atoms with Crippen LogP contribution in [-0.2, 0) is 4.79 Å². The maximum atomic E-state index is 11.9. The van der Waals surface area contributed by atoms with Gasteiger partial charge in [-0.25, -0.2) is 9.97 Å². The number of nitrogens with two attached hydrogens (primary N) is 1. The molecule has 2 N–H and O–H groups in total. The van der Waals surface area contributed by atoms with E-state index in [1.54, 1.807) is 0 Å². The van der Waals surface area contributed by atoms with Crippen LogP contribution < -0.4 is 10.5 Å². The van der Waals surface area contributed by atoms with Gasteiger partial charge in [-0.2, -0.15) is 0 Å². The topological polar surface area (TPSA) is 93.7 Å². The maximum absolute atomic E-state index is 11.9. The van der Waals surface area contributed by atoms with Crippen LogP contribution in [0.25, 0.3) is 0 Å². The van der Waals surface area contributed by atoms with E-state index in [2.05, 4.69) is 16.5 Å². The fraction of sp³-hybridized carbons (Fsp3) is 0.259. The van der Waals surface area contributed by atoms with Crippen molar-refractivity contribution >= 4 is 17.4 Å². The third kappa shape index (κ3) is 4.41. The van der Waals surface area contributed by atoms with Crippen LogP contribution in [0.3, 0.4) is 0 Å². The molecule has 1 saturated heterocycles. The highest BCUT2D eigenvalue weighted by atomic mass is 16.5. The summed E-state index contributed by atoms with van der Waals surface area (Å²) in [4.78, 5) is 27.6. The molecule has 2 aliphatic rings. The molecule has 1 atom stereocenters. The average molecular weight is 454 g/mol. The van der Waals surface area contributed by atoms with Gasteiger partial charge in [-0.15, -0.1) is 0 Å². The van der Waals surface area contributed by atoms with Crippen molar-refractivity contribution in [2.75, 3.05) is 18.8 Å². The first-order chi connectivity index (χ1) is 16.6. The Balaban J connectivity index is 1.35. The Morgan fingerprint density at radius 2 is 1.76 bits per heavy atom. The molecule has 0 saturated carbocycles. The van der Waals surface area contributed by atoms with E-state index >= 15 is 0 Å².